The molecule has 3 rings (SSSR count). The van der Waals surface area contributed by atoms with Crippen molar-refractivity contribution < 1.29 is 9.59 Å². The second-order valence-electron chi connectivity index (χ2n) is 7.86. The Bertz CT molecular complexity index is 1090. The summed E-state index contributed by atoms with van der Waals surface area (Å²) in [5.74, 6) is 0.392. The van der Waals surface area contributed by atoms with Crippen LogP contribution in [0.2, 0.25) is 0 Å². The van der Waals surface area contributed by atoms with Crippen LogP contribution in [-0.4, -0.2) is 21.8 Å². The molecule has 3 N–H and O–H groups in total. The summed E-state index contributed by atoms with van der Waals surface area (Å²) in [7, 11) is 0. The van der Waals surface area contributed by atoms with Crippen molar-refractivity contribution in [2.24, 2.45) is 11.8 Å². The number of hydrogen-bond acceptors (Lipinski definition) is 6. The van der Waals surface area contributed by atoms with Crippen molar-refractivity contribution in [3.63, 3.8) is 0 Å². The highest BCUT2D eigenvalue weighted by molar-refractivity contribution is 7.19. The number of pyridine rings is 1. The maximum absolute atomic E-state index is 12.0. The molecular formula is C23H27N5O2S. The molecule has 0 aliphatic carbocycles. The molecule has 0 spiro atoms. The molecule has 0 saturated carbocycles. The first-order valence-electron chi connectivity index (χ1n) is 10.2. The zero-order valence-corrected chi connectivity index (χ0v) is 19.1. The Balaban J connectivity index is 1.78. The van der Waals surface area contributed by atoms with Crippen LogP contribution in [0.1, 0.15) is 33.4 Å². The van der Waals surface area contributed by atoms with Crippen molar-refractivity contribution in [3.8, 4) is 10.4 Å². The van der Waals surface area contributed by atoms with E-state index < -0.39 is 0 Å². The Morgan fingerprint density at radius 3 is 2.32 bits per heavy atom. The first-order valence-corrected chi connectivity index (χ1v) is 11.0. The highest BCUT2D eigenvalue weighted by Crippen LogP contribution is 2.34. The van der Waals surface area contributed by atoms with E-state index >= 15 is 0 Å². The van der Waals surface area contributed by atoms with Crippen molar-refractivity contribution in [1.82, 2.24) is 9.97 Å². The third-order valence-electron chi connectivity index (χ3n) is 4.50. The Morgan fingerprint density at radius 2 is 1.61 bits per heavy atom. The molecule has 7 nitrogen and oxygen atoms in total. The lowest BCUT2D eigenvalue weighted by molar-refractivity contribution is -0.119. The minimum atomic E-state index is -0.106. The normalized spacial score (nSPS) is 10.9. The van der Waals surface area contributed by atoms with Gasteiger partial charge in [0.25, 0.3) is 0 Å². The summed E-state index contributed by atoms with van der Waals surface area (Å²) < 4.78 is 0. The Hall–Kier alpha value is -3.26. The molecule has 3 aromatic rings. The molecule has 0 saturated heterocycles. The predicted molar refractivity (Wildman–Crippen MR) is 127 cm³/mol. The summed E-state index contributed by atoms with van der Waals surface area (Å²) in [4.78, 5) is 33.8. The minimum absolute atomic E-state index is 0.0293. The molecule has 31 heavy (non-hydrogen) atoms. The number of carbonyl (C=O) groups is 2. The van der Waals surface area contributed by atoms with Gasteiger partial charge in [-0.2, -0.15) is 0 Å². The highest BCUT2D eigenvalue weighted by atomic mass is 32.1. The average molecular weight is 438 g/mol. The fraction of sp³-hybridized carbons (Fsp3) is 0.304. The maximum atomic E-state index is 12.0. The molecule has 2 aromatic heterocycles. The summed E-state index contributed by atoms with van der Waals surface area (Å²) in [5, 5.41) is 9.63. The zero-order valence-electron chi connectivity index (χ0n) is 18.3. The van der Waals surface area contributed by atoms with Gasteiger partial charge in [-0.15, -0.1) is 0 Å². The lowest BCUT2D eigenvalue weighted by Gasteiger charge is -2.11. The molecule has 8 heteroatoms. The number of carbonyl (C=O) groups excluding carboxylic acids is 2. The fourth-order valence-electron chi connectivity index (χ4n) is 2.72. The fourth-order valence-corrected chi connectivity index (χ4v) is 3.68. The van der Waals surface area contributed by atoms with Gasteiger partial charge in [0, 0.05) is 29.4 Å². The first kappa shape index (κ1) is 22.4. The molecule has 0 radical (unpaired) electrons. The molecule has 0 bridgehead atoms. The van der Waals surface area contributed by atoms with Crippen molar-refractivity contribution in [2.75, 3.05) is 16.0 Å². The number of aromatic nitrogens is 2. The van der Waals surface area contributed by atoms with Crippen LogP contribution in [0.3, 0.4) is 0 Å². The molecule has 0 aliphatic heterocycles. The lowest BCUT2D eigenvalue weighted by atomic mass is 10.2. The zero-order chi connectivity index (χ0) is 22.5. The molecule has 2 amide bonds. The van der Waals surface area contributed by atoms with Gasteiger partial charge in [-0.05, 0) is 42.8 Å². The number of benzene rings is 1. The number of aryl methyl sites for hydroxylation is 1. The number of anilines is 4. The van der Waals surface area contributed by atoms with Crippen LogP contribution in [0.15, 0.2) is 42.6 Å². The van der Waals surface area contributed by atoms with Gasteiger partial charge in [-0.1, -0.05) is 45.1 Å². The molecular weight excluding hydrogens is 410 g/mol. The van der Waals surface area contributed by atoms with Gasteiger partial charge >= 0.3 is 0 Å². The standard InChI is InChI=1S/C23H27N5O2S/c1-13(2)21(29)27-18-8-6-7-17(12-18)26-19-11-16(9-10-24-19)20-15(5)25-23(31-20)28-22(30)14(3)4/h6-14H,1-5H3,(H,24,26)(H,27,29)(H,25,28,30). The highest BCUT2D eigenvalue weighted by Gasteiger charge is 2.14. The SMILES string of the molecule is Cc1nc(NC(=O)C(C)C)sc1-c1ccnc(Nc2cccc(NC(=O)C(C)C)c2)c1. The third-order valence-corrected chi connectivity index (χ3v) is 5.62. The van der Waals surface area contributed by atoms with Crippen molar-refractivity contribution in [3.05, 3.63) is 48.3 Å². The van der Waals surface area contributed by atoms with Gasteiger partial charge in [0.1, 0.15) is 5.82 Å². The van der Waals surface area contributed by atoms with Crippen LogP contribution in [0.5, 0.6) is 0 Å². The molecule has 1 aromatic carbocycles. The summed E-state index contributed by atoms with van der Waals surface area (Å²) in [6.45, 7) is 9.33. The van der Waals surface area contributed by atoms with E-state index in [1.807, 2.05) is 71.0 Å². The third kappa shape index (κ3) is 5.88. The van der Waals surface area contributed by atoms with E-state index in [0.717, 1.165) is 27.5 Å². The van der Waals surface area contributed by atoms with Crippen LogP contribution in [0.25, 0.3) is 10.4 Å². The van der Waals surface area contributed by atoms with Crippen LogP contribution in [0, 0.1) is 18.8 Å². The topological polar surface area (TPSA) is 96.0 Å². The molecule has 0 atom stereocenters. The smallest absolute Gasteiger partial charge is 0.228 e. The van der Waals surface area contributed by atoms with Crippen LogP contribution in [0.4, 0.5) is 22.3 Å². The predicted octanol–water partition coefficient (Wildman–Crippen LogP) is 5.45. The molecule has 0 aliphatic rings. The number of thiazole rings is 1. The summed E-state index contributed by atoms with van der Waals surface area (Å²) in [6.07, 6.45) is 1.73. The van der Waals surface area contributed by atoms with E-state index in [1.165, 1.54) is 11.3 Å². The average Bonchev–Trinajstić information content (AvgIpc) is 3.08. The molecule has 2 heterocycles. The van der Waals surface area contributed by atoms with Gasteiger partial charge in [0.15, 0.2) is 5.13 Å². The van der Waals surface area contributed by atoms with E-state index in [4.69, 9.17) is 0 Å². The van der Waals surface area contributed by atoms with Crippen molar-refractivity contribution in [1.29, 1.82) is 0 Å². The van der Waals surface area contributed by atoms with Crippen LogP contribution < -0.4 is 16.0 Å². The van der Waals surface area contributed by atoms with Crippen LogP contribution in [-0.2, 0) is 9.59 Å². The summed E-state index contributed by atoms with van der Waals surface area (Å²) >= 11 is 1.44. The van der Waals surface area contributed by atoms with Crippen molar-refractivity contribution in [2.45, 2.75) is 34.6 Å². The van der Waals surface area contributed by atoms with Gasteiger partial charge in [-0.3, -0.25) is 9.59 Å². The summed E-state index contributed by atoms with van der Waals surface area (Å²) in [6, 6.07) is 11.4. The minimum Gasteiger partial charge on any atom is -0.340 e. The quantitative estimate of drug-likeness (QED) is 0.457. The first-order chi connectivity index (χ1) is 14.7. The Morgan fingerprint density at radius 1 is 0.935 bits per heavy atom. The molecule has 162 valence electrons. The Kier molecular flexibility index (Phi) is 7.02. The van der Waals surface area contributed by atoms with E-state index in [1.54, 1.807) is 6.20 Å². The second kappa shape index (κ2) is 9.70. The number of nitrogens with zero attached hydrogens (tertiary/aromatic N) is 2. The van der Waals surface area contributed by atoms with Crippen molar-refractivity contribution >= 4 is 45.5 Å². The number of rotatable bonds is 7. The monoisotopic (exact) mass is 437 g/mol. The van der Waals surface area contributed by atoms with Gasteiger partial charge in [0.05, 0.1) is 10.6 Å². The van der Waals surface area contributed by atoms with Gasteiger partial charge < -0.3 is 16.0 Å². The second-order valence-corrected chi connectivity index (χ2v) is 8.86. The number of nitrogens with one attached hydrogen (secondary N) is 3. The van der Waals surface area contributed by atoms with Gasteiger partial charge in [0.2, 0.25) is 11.8 Å². The van der Waals surface area contributed by atoms with E-state index in [-0.39, 0.29) is 23.7 Å². The number of hydrogen-bond donors (Lipinski definition) is 3. The lowest BCUT2D eigenvalue weighted by Crippen LogP contribution is -2.17. The summed E-state index contributed by atoms with van der Waals surface area (Å²) in [5.41, 5.74) is 3.35. The van der Waals surface area contributed by atoms with Gasteiger partial charge in [-0.25, -0.2) is 9.97 Å². The van der Waals surface area contributed by atoms with E-state index in [9.17, 15) is 9.59 Å². The maximum Gasteiger partial charge on any atom is 0.228 e. The van der Waals surface area contributed by atoms with E-state index in [2.05, 4.69) is 25.9 Å². The largest absolute Gasteiger partial charge is 0.340 e. The van der Waals surface area contributed by atoms with Crippen LogP contribution >= 0.6 is 11.3 Å². The molecule has 0 unspecified atom stereocenters. The van der Waals surface area contributed by atoms with E-state index in [0.29, 0.717) is 10.9 Å². The number of amides is 2. The molecule has 0 fully saturated rings. The Labute approximate surface area is 186 Å².